The van der Waals surface area contributed by atoms with Gasteiger partial charge < -0.3 is 10.2 Å². The number of anilines is 1. The van der Waals surface area contributed by atoms with Crippen LogP contribution in [0.25, 0.3) is 0 Å². The van der Waals surface area contributed by atoms with Crippen LogP contribution >= 0.6 is 11.6 Å². The van der Waals surface area contributed by atoms with Crippen molar-refractivity contribution in [1.29, 1.82) is 0 Å². The molecule has 0 atom stereocenters. The van der Waals surface area contributed by atoms with Gasteiger partial charge in [-0.05, 0) is 31.0 Å². The van der Waals surface area contributed by atoms with Gasteiger partial charge in [0, 0.05) is 31.6 Å². The van der Waals surface area contributed by atoms with E-state index in [0.29, 0.717) is 5.69 Å². The first-order chi connectivity index (χ1) is 11.0. The molecule has 1 aromatic rings. The summed E-state index contributed by atoms with van der Waals surface area (Å²) in [5.41, 5.74) is 0.495. The first-order valence-electron chi connectivity index (χ1n) is 8.00. The van der Waals surface area contributed by atoms with Gasteiger partial charge in [-0.15, -0.1) is 0 Å². The quantitative estimate of drug-likeness (QED) is 0.889. The third kappa shape index (κ3) is 5.20. The monoisotopic (exact) mass is 340 g/mol. The molecule has 1 aliphatic carbocycles. The van der Waals surface area contributed by atoms with Crippen molar-refractivity contribution in [2.45, 2.75) is 51.5 Å². The van der Waals surface area contributed by atoms with Gasteiger partial charge in [0.25, 0.3) is 0 Å². The first kappa shape index (κ1) is 17.7. The van der Waals surface area contributed by atoms with E-state index < -0.39 is 5.82 Å². The fourth-order valence-electron chi connectivity index (χ4n) is 2.88. The molecule has 0 unspecified atom stereocenters. The molecule has 23 heavy (non-hydrogen) atoms. The van der Waals surface area contributed by atoms with E-state index in [-0.39, 0.29) is 35.8 Å². The Labute approximate surface area is 141 Å². The van der Waals surface area contributed by atoms with Gasteiger partial charge in [-0.2, -0.15) is 0 Å². The van der Waals surface area contributed by atoms with Crippen LogP contribution in [0.4, 0.5) is 10.1 Å². The van der Waals surface area contributed by atoms with Crippen molar-refractivity contribution in [3.8, 4) is 0 Å². The van der Waals surface area contributed by atoms with E-state index in [1.807, 2.05) is 0 Å². The number of carbonyl (C=O) groups is 2. The van der Waals surface area contributed by atoms with Gasteiger partial charge in [0.15, 0.2) is 0 Å². The van der Waals surface area contributed by atoms with Crippen molar-refractivity contribution in [2.24, 2.45) is 0 Å². The summed E-state index contributed by atoms with van der Waals surface area (Å²) in [5.74, 6) is -0.802. The maximum Gasteiger partial charge on any atom is 0.223 e. The van der Waals surface area contributed by atoms with Gasteiger partial charge in [-0.1, -0.05) is 30.9 Å². The van der Waals surface area contributed by atoms with Crippen molar-refractivity contribution in [1.82, 2.24) is 5.32 Å². The number of hydrogen-bond donors (Lipinski definition) is 1. The Balaban J connectivity index is 1.92. The van der Waals surface area contributed by atoms with Crippen LogP contribution in [0.2, 0.25) is 5.02 Å². The predicted octanol–water partition coefficient (Wildman–Crippen LogP) is 3.67. The number of amides is 2. The molecule has 126 valence electrons. The third-order valence-corrected chi connectivity index (χ3v) is 4.42. The number of rotatable bonds is 5. The SMILES string of the molecule is CC(=O)N(CCC(=O)NC1CCCCC1)c1ccc(F)c(Cl)c1. The van der Waals surface area contributed by atoms with Gasteiger partial charge in [0.2, 0.25) is 11.8 Å². The predicted molar refractivity (Wildman–Crippen MR) is 89.1 cm³/mol. The minimum atomic E-state index is -0.533. The average Bonchev–Trinajstić information content (AvgIpc) is 2.51. The second-order valence-electron chi connectivity index (χ2n) is 5.92. The lowest BCUT2D eigenvalue weighted by Gasteiger charge is -2.24. The Hall–Kier alpha value is -1.62. The number of hydrogen-bond acceptors (Lipinski definition) is 2. The highest BCUT2D eigenvalue weighted by atomic mass is 35.5. The van der Waals surface area contributed by atoms with Crippen molar-refractivity contribution in [3.05, 3.63) is 29.0 Å². The van der Waals surface area contributed by atoms with Crippen LogP contribution in [0.5, 0.6) is 0 Å². The summed E-state index contributed by atoms with van der Waals surface area (Å²) < 4.78 is 13.2. The summed E-state index contributed by atoms with van der Waals surface area (Å²) in [7, 11) is 0. The molecular formula is C17H22ClFN2O2. The molecule has 4 nitrogen and oxygen atoms in total. The molecule has 2 rings (SSSR count). The van der Waals surface area contributed by atoms with Gasteiger partial charge in [-0.25, -0.2) is 4.39 Å². The molecule has 1 fully saturated rings. The molecule has 0 spiro atoms. The molecule has 6 heteroatoms. The second-order valence-corrected chi connectivity index (χ2v) is 6.33. The summed E-state index contributed by atoms with van der Waals surface area (Å²) >= 11 is 5.76. The molecule has 1 saturated carbocycles. The summed E-state index contributed by atoms with van der Waals surface area (Å²) in [6.07, 6.45) is 5.80. The summed E-state index contributed by atoms with van der Waals surface area (Å²) in [5, 5.41) is 2.98. The van der Waals surface area contributed by atoms with Crippen molar-refractivity contribution in [2.75, 3.05) is 11.4 Å². The molecule has 0 saturated heterocycles. The molecule has 1 aromatic carbocycles. The lowest BCUT2D eigenvalue weighted by Crippen LogP contribution is -2.39. The van der Waals surface area contributed by atoms with Gasteiger partial charge >= 0.3 is 0 Å². The Morgan fingerprint density at radius 2 is 2.00 bits per heavy atom. The normalized spacial score (nSPS) is 15.3. The minimum Gasteiger partial charge on any atom is -0.353 e. The lowest BCUT2D eigenvalue weighted by atomic mass is 9.95. The minimum absolute atomic E-state index is 0.0413. The molecule has 0 bridgehead atoms. The number of carbonyl (C=O) groups excluding carboxylic acids is 2. The highest BCUT2D eigenvalue weighted by Gasteiger charge is 2.18. The standard InChI is InChI=1S/C17H22ClFN2O2/c1-12(22)21(14-7-8-16(19)15(18)11-14)10-9-17(23)20-13-5-3-2-4-6-13/h7-8,11,13H,2-6,9-10H2,1H3,(H,20,23). The molecule has 2 amide bonds. The number of halogens is 2. The van der Waals surface area contributed by atoms with E-state index in [4.69, 9.17) is 11.6 Å². The molecule has 0 aromatic heterocycles. The van der Waals surface area contributed by atoms with E-state index in [0.717, 1.165) is 25.7 Å². The van der Waals surface area contributed by atoms with E-state index in [1.165, 1.54) is 36.4 Å². The number of benzene rings is 1. The summed E-state index contributed by atoms with van der Waals surface area (Å²) in [4.78, 5) is 25.3. The fourth-order valence-corrected chi connectivity index (χ4v) is 3.06. The van der Waals surface area contributed by atoms with E-state index in [2.05, 4.69) is 5.32 Å². The zero-order chi connectivity index (χ0) is 16.8. The van der Waals surface area contributed by atoms with E-state index in [1.54, 1.807) is 0 Å². The molecule has 0 aliphatic heterocycles. The Morgan fingerprint density at radius 3 is 2.61 bits per heavy atom. The largest absolute Gasteiger partial charge is 0.353 e. The summed E-state index contributed by atoms with van der Waals surface area (Å²) in [6.45, 7) is 1.66. The Morgan fingerprint density at radius 1 is 1.30 bits per heavy atom. The smallest absolute Gasteiger partial charge is 0.223 e. The van der Waals surface area contributed by atoms with E-state index in [9.17, 15) is 14.0 Å². The molecule has 0 heterocycles. The number of nitrogens with zero attached hydrogens (tertiary/aromatic N) is 1. The Kier molecular flexibility index (Phi) is 6.39. The highest BCUT2D eigenvalue weighted by molar-refractivity contribution is 6.31. The van der Waals surface area contributed by atoms with Crippen LogP contribution in [-0.2, 0) is 9.59 Å². The highest BCUT2D eigenvalue weighted by Crippen LogP contribution is 2.23. The first-order valence-corrected chi connectivity index (χ1v) is 8.37. The Bertz CT molecular complexity index is 574. The molecule has 1 aliphatic rings. The van der Waals surface area contributed by atoms with Crippen molar-refractivity contribution < 1.29 is 14.0 Å². The van der Waals surface area contributed by atoms with Crippen LogP contribution in [0.1, 0.15) is 45.4 Å². The summed E-state index contributed by atoms with van der Waals surface area (Å²) in [6, 6.07) is 4.36. The molecule has 0 radical (unpaired) electrons. The van der Waals surface area contributed by atoms with Gasteiger partial charge in [0.05, 0.1) is 5.02 Å². The maximum absolute atomic E-state index is 13.2. The molecular weight excluding hydrogens is 319 g/mol. The van der Waals surface area contributed by atoms with Crippen LogP contribution in [-0.4, -0.2) is 24.4 Å². The maximum atomic E-state index is 13.2. The van der Waals surface area contributed by atoms with E-state index >= 15 is 0 Å². The van der Waals surface area contributed by atoms with Crippen LogP contribution in [0, 0.1) is 5.82 Å². The van der Waals surface area contributed by atoms with Crippen LogP contribution in [0.15, 0.2) is 18.2 Å². The topological polar surface area (TPSA) is 49.4 Å². The van der Waals surface area contributed by atoms with Gasteiger partial charge in [-0.3, -0.25) is 9.59 Å². The number of nitrogens with one attached hydrogen (secondary N) is 1. The second kappa shape index (κ2) is 8.29. The third-order valence-electron chi connectivity index (χ3n) is 4.13. The van der Waals surface area contributed by atoms with Crippen LogP contribution in [0.3, 0.4) is 0 Å². The van der Waals surface area contributed by atoms with Crippen molar-refractivity contribution >= 4 is 29.1 Å². The average molecular weight is 341 g/mol. The van der Waals surface area contributed by atoms with Gasteiger partial charge in [0.1, 0.15) is 5.82 Å². The van der Waals surface area contributed by atoms with Crippen molar-refractivity contribution in [3.63, 3.8) is 0 Å². The lowest BCUT2D eigenvalue weighted by molar-refractivity contribution is -0.121. The zero-order valence-electron chi connectivity index (χ0n) is 13.3. The fraction of sp³-hybridized carbons (Fsp3) is 0.529. The van der Waals surface area contributed by atoms with Crippen LogP contribution < -0.4 is 10.2 Å². The molecule has 1 N–H and O–H groups in total. The zero-order valence-corrected chi connectivity index (χ0v) is 14.0.